The van der Waals surface area contributed by atoms with Crippen LogP contribution >= 0.6 is 0 Å². The predicted octanol–water partition coefficient (Wildman–Crippen LogP) is 1.83. The topological polar surface area (TPSA) is 65.2 Å². The van der Waals surface area contributed by atoms with Crippen LogP contribution in [0.3, 0.4) is 0 Å². The van der Waals surface area contributed by atoms with E-state index in [2.05, 4.69) is 5.16 Å². The van der Waals surface area contributed by atoms with E-state index >= 15 is 0 Å². The zero-order valence-corrected chi connectivity index (χ0v) is 6.57. The molecule has 4 nitrogen and oxygen atoms in total. The van der Waals surface area contributed by atoms with Crippen molar-refractivity contribution in [1.82, 2.24) is 5.16 Å². The number of hydrogen-bond acceptors (Lipinski definition) is 4. The summed E-state index contributed by atoms with van der Waals surface area (Å²) in [6.07, 6.45) is 3.05. The normalized spacial score (nSPS) is 10.4. The Balaban J connectivity index is 2.57. The van der Waals surface area contributed by atoms with Crippen molar-refractivity contribution < 1.29 is 8.94 Å². The molecule has 0 aliphatic rings. The highest BCUT2D eigenvalue weighted by molar-refractivity contribution is 5.67. The van der Waals surface area contributed by atoms with E-state index in [4.69, 9.17) is 14.7 Å². The Hall–Kier alpha value is -1.71. The summed E-state index contributed by atoms with van der Waals surface area (Å²) in [7, 11) is 0. The van der Waals surface area contributed by atoms with E-state index in [-0.39, 0.29) is 0 Å². The zero-order valence-electron chi connectivity index (χ0n) is 6.57. The zero-order chi connectivity index (χ0) is 8.55. The van der Waals surface area contributed by atoms with Gasteiger partial charge in [-0.2, -0.15) is 0 Å². The van der Waals surface area contributed by atoms with E-state index in [1.807, 2.05) is 13.0 Å². The first-order valence-corrected chi connectivity index (χ1v) is 3.53. The molecule has 0 saturated heterocycles. The van der Waals surface area contributed by atoms with Gasteiger partial charge in [0, 0.05) is 0 Å². The Morgan fingerprint density at radius 2 is 2.25 bits per heavy atom. The maximum Gasteiger partial charge on any atom is 0.225 e. The Bertz CT molecular complexity index is 351. The quantitative estimate of drug-likeness (QED) is 0.698. The smallest absolute Gasteiger partial charge is 0.225 e. The second kappa shape index (κ2) is 2.41. The Labute approximate surface area is 69.0 Å². The number of aryl methyl sites for hydroxylation is 1. The van der Waals surface area contributed by atoms with Gasteiger partial charge in [-0.1, -0.05) is 5.16 Å². The highest BCUT2D eigenvalue weighted by Gasteiger charge is 2.13. The molecule has 0 aromatic carbocycles. The van der Waals surface area contributed by atoms with E-state index in [0.717, 1.165) is 5.56 Å². The van der Waals surface area contributed by atoms with E-state index in [1.54, 1.807) is 6.26 Å². The van der Waals surface area contributed by atoms with Crippen LogP contribution in [0, 0.1) is 6.92 Å². The minimum atomic E-state index is 0.494. The molecule has 2 aromatic heterocycles. The lowest BCUT2D eigenvalue weighted by Gasteiger charge is -1.92. The molecular weight excluding hydrogens is 156 g/mol. The number of furan rings is 1. The molecule has 2 rings (SSSR count). The monoisotopic (exact) mass is 164 g/mol. The van der Waals surface area contributed by atoms with Gasteiger partial charge in [0.25, 0.3) is 0 Å². The third-order valence-corrected chi connectivity index (χ3v) is 1.67. The van der Waals surface area contributed by atoms with Crippen molar-refractivity contribution in [2.45, 2.75) is 6.92 Å². The van der Waals surface area contributed by atoms with Crippen LogP contribution in [-0.2, 0) is 0 Å². The number of nitrogens with zero attached hydrogens (tertiary/aromatic N) is 1. The van der Waals surface area contributed by atoms with Gasteiger partial charge in [-0.3, -0.25) is 0 Å². The van der Waals surface area contributed by atoms with Crippen LogP contribution in [0.25, 0.3) is 11.5 Å². The van der Waals surface area contributed by atoms with E-state index in [0.29, 0.717) is 17.2 Å². The molecule has 0 atom stereocenters. The Kier molecular flexibility index (Phi) is 1.40. The summed E-state index contributed by atoms with van der Waals surface area (Å²) in [6, 6.07) is 1.84. The number of aromatic nitrogens is 1. The van der Waals surface area contributed by atoms with Crippen molar-refractivity contribution in [2.75, 3.05) is 5.73 Å². The summed E-state index contributed by atoms with van der Waals surface area (Å²) in [5.41, 5.74) is 7.06. The van der Waals surface area contributed by atoms with Gasteiger partial charge in [-0.25, -0.2) is 0 Å². The maximum absolute atomic E-state index is 5.58. The lowest BCUT2D eigenvalue weighted by atomic mass is 10.2. The molecule has 0 unspecified atom stereocenters. The van der Waals surface area contributed by atoms with Gasteiger partial charge in [0.1, 0.15) is 5.69 Å². The van der Waals surface area contributed by atoms with Crippen LogP contribution in [0.15, 0.2) is 27.5 Å². The van der Waals surface area contributed by atoms with Gasteiger partial charge in [0.05, 0.1) is 12.5 Å². The van der Waals surface area contributed by atoms with Crippen molar-refractivity contribution in [3.05, 3.63) is 24.1 Å². The second-order valence-electron chi connectivity index (χ2n) is 2.54. The fraction of sp³-hybridized carbons (Fsp3) is 0.125. The number of anilines is 1. The van der Waals surface area contributed by atoms with E-state index in [9.17, 15) is 0 Å². The first-order valence-electron chi connectivity index (χ1n) is 3.53. The highest BCUT2D eigenvalue weighted by atomic mass is 16.5. The van der Waals surface area contributed by atoms with Gasteiger partial charge >= 0.3 is 0 Å². The van der Waals surface area contributed by atoms with Crippen LogP contribution in [0.4, 0.5) is 5.69 Å². The molecule has 2 N–H and O–H groups in total. The fourth-order valence-electron chi connectivity index (χ4n) is 1.03. The summed E-state index contributed by atoms with van der Waals surface area (Å²) in [5, 5.41) is 3.56. The van der Waals surface area contributed by atoms with Crippen molar-refractivity contribution in [3.63, 3.8) is 0 Å². The maximum atomic E-state index is 5.58. The van der Waals surface area contributed by atoms with Gasteiger partial charge in [-0.05, 0) is 18.6 Å². The second-order valence-corrected chi connectivity index (χ2v) is 2.54. The van der Waals surface area contributed by atoms with Crippen LogP contribution in [0.1, 0.15) is 5.56 Å². The molecule has 0 aliphatic carbocycles. The summed E-state index contributed by atoms with van der Waals surface area (Å²) in [5.74, 6) is 1.14. The molecule has 0 radical (unpaired) electrons. The molecule has 2 aromatic rings. The van der Waals surface area contributed by atoms with Crippen molar-refractivity contribution in [3.8, 4) is 11.5 Å². The van der Waals surface area contributed by atoms with Gasteiger partial charge in [0.2, 0.25) is 5.76 Å². The number of hydrogen-bond donors (Lipinski definition) is 1. The first-order chi connectivity index (χ1) is 5.79. The summed E-state index contributed by atoms with van der Waals surface area (Å²) >= 11 is 0. The molecule has 0 saturated carbocycles. The molecule has 0 fully saturated rings. The van der Waals surface area contributed by atoms with Crippen LogP contribution in [0.2, 0.25) is 0 Å². The standard InChI is InChI=1S/C8H8N2O2/c1-5-2-3-11-7(5)8-6(9)4-10-12-8/h2-4H,9H2,1H3. The molecule has 12 heavy (non-hydrogen) atoms. The average Bonchev–Trinajstić information content (AvgIpc) is 2.59. The minimum absolute atomic E-state index is 0.494. The third kappa shape index (κ3) is 0.887. The molecule has 0 amide bonds. The first kappa shape index (κ1) is 6.97. The summed E-state index contributed by atoms with van der Waals surface area (Å²) in [4.78, 5) is 0. The Morgan fingerprint density at radius 1 is 1.42 bits per heavy atom. The van der Waals surface area contributed by atoms with Crippen LogP contribution in [-0.4, -0.2) is 5.16 Å². The third-order valence-electron chi connectivity index (χ3n) is 1.67. The molecule has 0 spiro atoms. The lowest BCUT2D eigenvalue weighted by molar-refractivity contribution is 0.418. The molecule has 4 heteroatoms. The molecule has 62 valence electrons. The van der Waals surface area contributed by atoms with Crippen molar-refractivity contribution in [1.29, 1.82) is 0 Å². The largest absolute Gasteiger partial charge is 0.461 e. The summed E-state index contributed by atoms with van der Waals surface area (Å²) in [6.45, 7) is 1.92. The highest BCUT2D eigenvalue weighted by Crippen LogP contribution is 2.28. The van der Waals surface area contributed by atoms with Gasteiger partial charge in [-0.15, -0.1) is 0 Å². The van der Waals surface area contributed by atoms with Gasteiger partial charge < -0.3 is 14.7 Å². The SMILES string of the molecule is Cc1ccoc1-c1oncc1N. The van der Waals surface area contributed by atoms with Crippen LogP contribution in [0.5, 0.6) is 0 Å². The number of nitrogen functional groups attached to an aromatic ring is 1. The van der Waals surface area contributed by atoms with Gasteiger partial charge in [0.15, 0.2) is 5.76 Å². The molecular formula is C8H8N2O2. The molecule has 2 heterocycles. The fourth-order valence-corrected chi connectivity index (χ4v) is 1.03. The Morgan fingerprint density at radius 3 is 2.75 bits per heavy atom. The average molecular weight is 164 g/mol. The summed E-state index contributed by atoms with van der Waals surface area (Å²) < 4.78 is 10.1. The molecule has 0 bridgehead atoms. The van der Waals surface area contributed by atoms with Crippen molar-refractivity contribution in [2.24, 2.45) is 0 Å². The van der Waals surface area contributed by atoms with E-state index in [1.165, 1.54) is 6.20 Å². The minimum Gasteiger partial charge on any atom is -0.461 e. The van der Waals surface area contributed by atoms with E-state index < -0.39 is 0 Å². The lowest BCUT2D eigenvalue weighted by Crippen LogP contribution is -1.84. The van der Waals surface area contributed by atoms with Crippen LogP contribution < -0.4 is 5.73 Å². The molecule has 0 aliphatic heterocycles. The predicted molar refractivity (Wildman–Crippen MR) is 43.4 cm³/mol. The van der Waals surface area contributed by atoms with Crippen molar-refractivity contribution >= 4 is 5.69 Å². The number of nitrogens with two attached hydrogens (primary N) is 1. The number of rotatable bonds is 1.